The molecule has 4 aromatic rings. The van der Waals surface area contributed by atoms with E-state index in [0.717, 1.165) is 53.0 Å². The van der Waals surface area contributed by atoms with Gasteiger partial charge in [0.25, 0.3) is 5.91 Å². The number of rotatable bonds is 8. The molecule has 0 spiro atoms. The molecule has 0 aromatic heterocycles. The number of amides is 1. The van der Waals surface area contributed by atoms with Crippen molar-refractivity contribution in [2.75, 3.05) is 26.9 Å². The molecule has 1 aliphatic carbocycles. The number of methoxy groups -OCH3 is 1. The average Bonchev–Trinajstić information content (AvgIpc) is 3.50. The molecule has 7 nitrogen and oxygen atoms in total. The highest BCUT2D eigenvalue weighted by atomic mass is 16.5. The van der Waals surface area contributed by atoms with Crippen molar-refractivity contribution in [2.24, 2.45) is 4.99 Å². The molecule has 0 bridgehead atoms. The van der Waals surface area contributed by atoms with Crippen LogP contribution in [0.15, 0.2) is 83.9 Å². The Morgan fingerprint density at radius 2 is 1.51 bits per heavy atom. The van der Waals surface area contributed by atoms with Gasteiger partial charge in [-0.1, -0.05) is 54.6 Å². The fourth-order valence-corrected chi connectivity index (χ4v) is 6.39. The van der Waals surface area contributed by atoms with Crippen LogP contribution >= 0.6 is 0 Å². The second-order valence-corrected chi connectivity index (χ2v) is 11.6. The lowest BCUT2D eigenvalue weighted by Crippen LogP contribution is -2.35. The molecule has 7 heteroatoms. The van der Waals surface area contributed by atoms with Gasteiger partial charge in [-0.2, -0.15) is 0 Å². The van der Waals surface area contributed by atoms with Gasteiger partial charge in [-0.3, -0.25) is 14.6 Å². The normalized spacial score (nSPS) is 16.4. The van der Waals surface area contributed by atoms with Crippen LogP contribution in [0, 0.1) is 6.92 Å². The number of aryl methyl sites for hydroxylation is 1. The molecule has 7 rings (SSSR count). The summed E-state index contributed by atoms with van der Waals surface area (Å²) in [6, 6.07) is 25.2. The van der Waals surface area contributed by atoms with Gasteiger partial charge in [-0.05, 0) is 71.9 Å². The molecule has 226 valence electrons. The molecule has 2 heterocycles. The summed E-state index contributed by atoms with van der Waals surface area (Å²) in [5.41, 5.74) is 7.41. The number of fused-ring (bicyclic) bond motifs is 4. The number of hydrogen-bond acceptors (Lipinski definition) is 6. The number of carbonyl (C=O) groups excluding carboxylic acids is 2. The minimum atomic E-state index is 0.0461. The molecule has 3 aliphatic rings. The fraction of sp³-hybridized carbons (Fsp3) is 0.237. The Kier molecular flexibility index (Phi) is 7.67. The van der Waals surface area contributed by atoms with Crippen molar-refractivity contribution in [2.45, 2.75) is 32.2 Å². The predicted octanol–water partition coefficient (Wildman–Crippen LogP) is 7.31. The third-order valence-electron chi connectivity index (χ3n) is 8.70. The number of aliphatic imine (C=N–C) groups is 1. The first-order chi connectivity index (χ1) is 22.0. The number of benzene rings is 4. The Morgan fingerprint density at radius 1 is 0.822 bits per heavy atom. The molecule has 1 fully saturated rings. The van der Waals surface area contributed by atoms with Crippen LogP contribution in [0.25, 0.3) is 11.6 Å². The smallest absolute Gasteiger partial charge is 0.256 e. The minimum absolute atomic E-state index is 0.0461. The maximum absolute atomic E-state index is 13.1. The topological polar surface area (TPSA) is 77.4 Å². The Hall–Kier alpha value is -5.17. The van der Waals surface area contributed by atoms with Crippen molar-refractivity contribution in [1.29, 1.82) is 0 Å². The van der Waals surface area contributed by atoms with Crippen molar-refractivity contribution in [1.82, 2.24) is 4.90 Å². The summed E-state index contributed by atoms with van der Waals surface area (Å²) in [5.74, 6) is 2.10. The lowest BCUT2D eigenvalue weighted by atomic mass is 9.81. The van der Waals surface area contributed by atoms with Gasteiger partial charge in [-0.25, -0.2) is 0 Å². The molecule has 0 N–H and O–H groups in total. The van der Waals surface area contributed by atoms with E-state index in [1.807, 2.05) is 96.9 Å². The quantitative estimate of drug-likeness (QED) is 0.175. The van der Waals surface area contributed by atoms with Gasteiger partial charge in [0.2, 0.25) is 0 Å². The molecular formula is C38H34N2O5. The highest BCUT2D eigenvalue weighted by Gasteiger charge is 2.32. The lowest BCUT2D eigenvalue weighted by molar-refractivity contribution is 0.0774. The van der Waals surface area contributed by atoms with Crippen molar-refractivity contribution >= 4 is 35.2 Å². The van der Waals surface area contributed by atoms with Gasteiger partial charge < -0.3 is 19.1 Å². The number of ketones is 1. The van der Waals surface area contributed by atoms with Crippen molar-refractivity contribution < 1.29 is 23.8 Å². The molecule has 0 radical (unpaired) electrons. The lowest BCUT2D eigenvalue weighted by Gasteiger charge is -2.21. The van der Waals surface area contributed by atoms with Gasteiger partial charge in [0.05, 0.1) is 37.6 Å². The SMILES string of the molecule is COc1cc(C=C2c3ccccc3C(=O)c3ccccc32)ccc1OCCCOc1cc2c(cc1C)C(=O)N1CCC[C@H]1C=N2. The van der Waals surface area contributed by atoms with Gasteiger partial charge in [0.15, 0.2) is 17.3 Å². The van der Waals surface area contributed by atoms with Crippen LogP contribution in [0.1, 0.15) is 67.8 Å². The van der Waals surface area contributed by atoms with Crippen LogP contribution in [0.5, 0.6) is 17.2 Å². The van der Waals surface area contributed by atoms with E-state index in [-0.39, 0.29) is 17.7 Å². The molecule has 45 heavy (non-hydrogen) atoms. The van der Waals surface area contributed by atoms with Crippen LogP contribution < -0.4 is 14.2 Å². The van der Waals surface area contributed by atoms with E-state index in [1.54, 1.807) is 7.11 Å². The summed E-state index contributed by atoms with van der Waals surface area (Å²) in [6.45, 7) is 3.63. The zero-order valence-electron chi connectivity index (χ0n) is 25.4. The second kappa shape index (κ2) is 12.1. The van der Waals surface area contributed by atoms with Crippen LogP contribution in [-0.4, -0.2) is 55.7 Å². The average molecular weight is 599 g/mol. The summed E-state index contributed by atoms with van der Waals surface area (Å²) < 4.78 is 17.9. The van der Waals surface area contributed by atoms with Crippen molar-refractivity contribution in [3.63, 3.8) is 0 Å². The Bertz CT molecular complexity index is 1820. The van der Waals surface area contributed by atoms with E-state index in [2.05, 4.69) is 11.1 Å². The Morgan fingerprint density at radius 3 is 2.22 bits per heavy atom. The Balaban J connectivity index is 1.02. The maximum Gasteiger partial charge on any atom is 0.256 e. The summed E-state index contributed by atoms with van der Waals surface area (Å²) in [6.07, 6.45) is 6.62. The number of hydrogen-bond donors (Lipinski definition) is 0. The molecule has 0 unspecified atom stereocenters. The molecule has 1 atom stereocenters. The van der Waals surface area contributed by atoms with Crippen molar-refractivity contribution in [3.8, 4) is 17.2 Å². The Labute approximate surface area is 262 Å². The molecule has 2 aliphatic heterocycles. The van der Waals surface area contributed by atoms with E-state index >= 15 is 0 Å². The van der Waals surface area contributed by atoms with Crippen LogP contribution in [0.3, 0.4) is 0 Å². The molecular weight excluding hydrogens is 564 g/mol. The first kappa shape index (κ1) is 28.6. The largest absolute Gasteiger partial charge is 0.493 e. The summed E-state index contributed by atoms with van der Waals surface area (Å²) in [5, 5.41) is 0. The maximum atomic E-state index is 13.1. The fourth-order valence-electron chi connectivity index (χ4n) is 6.39. The minimum Gasteiger partial charge on any atom is -0.493 e. The zero-order valence-corrected chi connectivity index (χ0v) is 25.4. The van der Waals surface area contributed by atoms with Crippen LogP contribution in [0.4, 0.5) is 5.69 Å². The van der Waals surface area contributed by atoms with Gasteiger partial charge >= 0.3 is 0 Å². The highest BCUT2D eigenvalue weighted by molar-refractivity contribution is 6.20. The number of ether oxygens (including phenoxy) is 3. The van der Waals surface area contributed by atoms with E-state index in [4.69, 9.17) is 14.2 Å². The van der Waals surface area contributed by atoms with Crippen LogP contribution in [-0.2, 0) is 0 Å². The van der Waals surface area contributed by atoms with E-state index in [9.17, 15) is 9.59 Å². The van der Waals surface area contributed by atoms with E-state index in [1.165, 1.54) is 0 Å². The first-order valence-electron chi connectivity index (χ1n) is 15.4. The summed E-state index contributed by atoms with van der Waals surface area (Å²) in [7, 11) is 1.63. The molecule has 1 amide bonds. The molecule has 4 aromatic carbocycles. The number of carbonyl (C=O) groups is 2. The summed E-state index contributed by atoms with van der Waals surface area (Å²) in [4.78, 5) is 32.7. The predicted molar refractivity (Wildman–Crippen MR) is 175 cm³/mol. The molecule has 1 saturated heterocycles. The highest BCUT2D eigenvalue weighted by Crippen LogP contribution is 2.38. The zero-order chi connectivity index (χ0) is 30.9. The monoisotopic (exact) mass is 598 g/mol. The molecule has 0 saturated carbocycles. The van der Waals surface area contributed by atoms with Gasteiger partial charge in [-0.15, -0.1) is 0 Å². The standard InChI is InChI=1S/C38H34N2O5/c1-24-19-32-33(39-23-26-9-7-16-40(26)38(32)42)22-35(24)45-18-8-17-44-34-15-14-25(21-36(34)43-2)20-31-27-10-3-5-12-29(27)37(41)30-13-6-4-11-28(30)31/h3-6,10-15,19-23,26H,7-9,16-18H2,1-2H3/t26-/m0/s1. The third-order valence-corrected chi connectivity index (χ3v) is 8.70. The van der Waals surface area contributed by atoms with Crippen molar-refractivity contribution in [3.05, 3.63) is 118 Å². The summed E-state index contributed by atoms with van der Waals surface area (Å²) >= 11 is 0. The first-order valence-corrected chi connectivity index (χ1v) is 15.4. The van der Waals surface area contributed by atoms with Gasteiger partial charge in [0.1, 0.15) is 5.75 Å². The van der Waals surface area contributed by atoms with Crippen LogP contribution in [0.2, 0.25) is 0 Å². The van der Waals surface area contributed by atoms with Gasteiger partial charge in [0, 0.05) is 36.4 Å². The second-order valence-electron chi connectivity index (χ2n) is 11.6. The number of nitrogens with zero attached hydrogens (tertiary/aromatic N) is 2. The van der Waals surface area contributed by atoms with E-state index < -0.39 is 0 Å². The van der Waals surface area contributed by atoms with E-state index in [0.29, 0.717) is 53.5 Å². The third kappa shape index (κ3) is 5.39.